The van der Waals surface area contributed by atoms with E-state index in [4.69, 9.17) is 5.14 Å². The molecule has 0 radical (unpaired) electrons. The molecule has 0 bridgehead atoms. The summed E-state index contributed by atoms with van der Waals surface area (Å²) >= 11 is 3.38. The van der Waals surface area contributed by atoms with E-state index in [-0.39, 0.29) is 17.3 Å². The third kappa shape index (κ3) is 5.72. The Morgan fingerprint density at radius 1 is 1.12 bits per heavy atom. The minimum absolute atomic E-state index is 0.00727. The van der Waals surface area contributed by atoms with Crippen molar-refractivity contribution in [2.75, 3.05) is 18.9 Å². The summed E-state index contributed by atoms with van der Waals surface area (Å²) in [5, 5.41) is 7.75. The van der Waals surface area contributed by atoms with Crippen molar-refractivity contribution in [2.45, 2.75) is 11.4 Å². The predicted octanol–water partition coefficient (Wildman–Crippen LogP) is 2.17. The second-order valence-electron chi connectivity index (χ2n) is 5.42. The van der Waals surface area contributed by atoms with Crippen molar-refractivity contribution in [3.8, 4) is 0 Å². The lowest BCUT2D eigenvalue weighted by atomic mass is 10.2. The van der Waals surface area contributed by atoms with Crippen molar-refractivity contribution >= 4 is 37.5 Å². The van der Waals surface area contributed by atoms with Gasteiger partial charge in [0.1, 0.15) is 0 Å². The SMILES string of the molecule is CN(CC(=O)Nc1ccc(S(N)(=O)=O)cc1)Cc1ccc(Br)cc1. The van der Waals surface area contributed by atoms with Crippen LogP contribution < -0.4 is 10.5 Å². The van der Waals surface area contributed by atoms with Gasteiger partial charge in [-0.3, -0.25) is 9.69 Å². The summed E-state index contributed by atoms with van der Waals surface area (Å²) in [7, 11) is -1.88. The van der Waals surface area contributed by atoms with Crippen molar-refractivity contribution in [1.82, 2.24) is 4.90 Å². The Bertz CT molecular complexity index is 805. The summed E-state index contributed by atoms with van der Waals surface area (Å²) in [5.41, 5.74) is 1.62. The van der Waals surface area contributed by atoms with Gasteiger partial charge >= 0.3 is 0 Å². The number of carbonyl (C=O) groups is 1. The fraction of sp³-hybridized carbons (Fsp3) is 0.188. The zero-order valence-electron chi connectivity index (χ0n) is 13.1. The highest BCUT2D eigenvalue weighted by atomic mass is 79.9. The number of rotatable bonds is 6. The molecule has 2 aromatic rings. The first-order chi connectivity index (χ1) is 11.2. The summed E-state index contributed by atoms with van der Waals surface area (Å²) in [6, 6.07) is 13.6. The summed E-state index contributed by atoms with van der Waals surface area (Å²) in [5.74, 6) is -0.182. The molecule has 0 aliphatic carbocycles. The topological polar surface area (TPSA) is 92.5 Å². The average Bonchev–Trinajstić information content (AvgIpc) is 2.49. The van der Waals surface area contributed by atoms with Crippen LogP contribution in [0.25, 0.3) is 0 Å². The summed E-state index contributed by atoms with van der Waals surface area (Å²) in [6.07, 6.45) is 0. The van der Waals surface area contributed by atoms with Gasteiger partial charge in [-0.15, -0.1) is 0 Å². The molecule has 128 valence electrons. The van der Waals surface area contributed by atoms with Crippen LogP contribution in [0.3, 0.4) is 0 Å². The number of anilines is 1. The molecule has 0 aromatic heterocycles. The molecule has 0 atom stereocenters. The molecule has 0 spiro atoms. The molecule has 0 aliphatic rings. The molecule has 2 rings (SSSR count). The fourth-order valence-corrected chi connectivity index (χ4v) is 2.91. The summed E-state index contributed by atoms with van der Waals surface area (Å²) < 4.78 is 23.4. The molecule has 0 saturated carbocycles. The lowest BCUT2D eigenvalue weighted by Gasteiger charge is -2.16. The Morgan fingerprint density at radius 2 is 1.71 bits per heavy atom. The van der Waals surface area contributed by atoms with Crippen LogP contribution >= 0.6 is 15.9 Å². The molecule has 0 saturated heterocycles. The van der Waals surface area contributed by atoms with Gasteiger partial charge in [-0.1, -0.05) is 28.1 Å². The van der Waals surface area contributed by atoms with Crippen LogP contribution in [0.5, 0.6) is 0 Å². The van der Waals surface area contributed by atoms with E-state index in [0.717, 1.165) is 10.0 Å². The molecule has 2 aromatic carbocycles. The fourth-order valence-electron chi connectivity index (χ4n) is 2.13. The average molecular weight is 412 g/mol. The van der Waals surface area contributed by atoms with Gasteiger partial charge in [-0.2, -0.15) is 0 Å². The predicted molar refractivity (Wildman–Crippen MR) is 96.9 cm³/mol. The number of nitrogens with two attached hydrogens (primary N) is 1. The van der Waals surface area contributed by atoms with Crippen molar-refractivity contribution < 1.29 is 13.2 Å². The largest absolute Gasteiger partial charge is 0.325 e. The number of halogens is 1. The standard InChI is InChI=1S/C16H18BrN3O3S/c1-20(10-12-2-4-13(17)5-3-12)11-16(21)19-14-6-8-15(9-7-14)24(18,22)23/h2-9H,10-11H2,1H3,(H,19,21)(H2,18,22,23). The summed E-state index contributed by atoms with van der Waals surface area (Å²) in [6.45, 7) is 0.859. The van der Waals surface area contributed by atoms with Crippen LogP contribution in [0.15, 0.2) is 57.9 Å². The highest BCUT2D eigenvalue weighted by Crippen LogP contribution is 2.13. The molecule has 3 N–H and O–H groups in total. The Kier molecular flexibility index (Phi) is 6.11. The van der Waals surface area contributed by atoms with E-state index >= 15 is 0 Å². The Labute approximate surface area is 149 Å². The number of primary sulfonamides is 1. The van der Waals surface area contributed by atoms with Crippen LogP contribution in [-0.2, 0) is 21.4 Å². The minimum Gasteiger partial charge on any atom is -0.325 e. The first-order valence-corrected chi connectivity index (χ1v) is 9.44. The van der Waals surface area contributed by atoms with Gasteiger partial charge < -0.3 is 5.32 Å². The van der Waals surface area contributed by atoms with E-state index in [1.807, 2.05) is 36.2 Å². The highest BCUT2D eigenvalue weighted by Gasteiger charge is 2.10. The van der Waals surface area contributed by atoms with E-state index in [1.165, 1.54) is 24.3 Å². The van der Waals surface area contributed by atoms with E-state index in [0.29, 0.717) is 12.2 Å². The minimum atomic E-state index is -3.73. The monoisotopic (exact) mass is 411 g/mol. The number of carbonyl (C=O) groups excluding carboxylic acids is 1. The van der Waals surface area contributed by atoms with Gasteiger partial charge in [0.25, 0.3) is 0 Å². The van der Waals surface area contributed by atoms with Gasteiger partial charge in [0.2, 0.25) is 15.9 Å². The lowest BCUT2D eigenvalue weighted by molar-refractivity contribution is -0.117. The third-order valence-electron chi connectivity index (χ3n) is 3.25. The van der Waals surface area contributed by atoms with Crippen LogP contribution in [0, 0.1) is 0 Å². The normalized spacial score (nSPS) is 11.5. The smallest absolute Gasteiger partial charge is 0.238 e. The Morgan fingerprint density at radius 3 is 2.25 bits per heavy atom. The van der Waals surface area contributed by atoms with Crippen LogP contribution in [0.1, 0.15) is 5.56 Å². The van der Waals surface area contributed by atoms with E-state index in [2.05, 4.69) is 21.2 Å². The molecular weight excluding hydrogens is 394 g/mol. The number of likely N-dealkylation sites (N-methyl/N-ethyl adjacent to an activating group) is 1. The molecule has 6 nitrogen and oxygen atoms in total. The van der Waals surface area contributed by atoms with Gasteiger partial charge in [0, 0.05) is 16.7 Å². The second kappa shape index (κ2) is 7.89. The number of hydrogen-bond donors (Lipinski definition) is 2. The molecule has 8 heteroatoms. The lowest BCUT2D eigenvalue weighted by Crippen LogP contribution is -2.29. The molecular formula is C16H18BrN3O3S. The van der Waals surface area contributed by atoms with Gasteiger partial charge in [0.15, 0.2) is 0 Å². The Balaban J connectivity index is 1.89. The van der Waals surface area contributed by atoms with Gasteiger partial charge in [-0.25, -0.2) is 13.6 Å². The van der Waals surface area contributed by atoms with Gasteiger partial charge in [-0.05, 0) is 49.0 Å². The maximum absolute atomic E-state index is 12.0. The number of amides is 1. The molecule has 0 fully saturated rings. The zero-order valence-corrected chi connectivity index (χ0v) is 15.5. The third-order valence-corrected chi connectivity index (χ3v) is 4.70. The summed E-state index contributed by atoms with van der Waals surface area (Å²) in [4.78, 5) is 13.9. The maximum Gasteiger partial charge on any atom is 0.238 e. The van der Waals surface area contributed by atoms with Crippen molar-refractivity contribution in [3.05, 3.63) is 58.6 Å². The van der Waals surface area contributed by atoms with E-state index in [1.54, 1.807) is 0 Å². The van der Waals surface area contributed by atoms with Gasteiger partial charge in [0.05, 0.1) is 11.4 Å². The first-order valence-electron chi connectivity index (χ1n) is 7.10. The highest BCUT2D eigenvalue weighted by molar-refractivity contribution is 9.10. The molecule has 0 unspecified atom stereocenters. The Hall–Kier alpha value is -1.74. The zero-order chi connectivity index (χ0) is 17.7. The van der Waals surface area contributed by atoms with E-state index < -0.39 is 10.0 Å². The number of hydrogen-bond acceptors (Lipinski definition) is 4. The number of benzene rings is 2. The number of nitrogens with zero attached hydrogens (tertiary/aromatic N) is 1. The molecule has 1 amide bonds. The van der Waals surface area contributed by atoms with E-state index in [9.17, 15) is 13.2 Å². The number of nitrogens with one attached hydrogen (secondary N) is 1. The van der Waals surface area contributed by atoms with Crippen molar-refractivity contribution in [1.29, 1.82) is 0 Å². The molecule has 0 heterocycles. The van der Waals surface area contributed by atoms with Crippen LogP contribution in [0.2, 0.25) is 0 Å². The van der Waals surface area contributed by atoms with Crippen molar-refractivity contribution in [3.63, 3.8) is 0 Å². The van der Waals surface area contributed by atoms with Crippen LogP contribution in [-0.4, -0.2) is 32.8 Å². The molecule has 24 heavy (non-hydrogen) atoms. The van der Waals surface area contributed by atoms with Crippen molar-refractivity contribution in [2.24, 2.45) is 5.14 Å². The quantitative estimate of drug-likeness (QED) is 0.761. The van der Waals surface area contributed by atoms with Crippen LogP contribution in [0.4, 0.5) is 5.69 Å². The maximum atomic E-state index is 12.0. The second-order valence-corrected chi connectivity index (χ2v) is 7.89. The number of sulfonamides is 1. The molecule has 0 aliphatic heterocycles. The first kappa shape index (κ1) is 18.6.